The maximum Gasteiger partial charge on any atom is 0.272 e. The first-order valence-corrected chi connectivity index (χ1v) is 9.15. The third kappa shape index (κ3) is 4.12. The molecule has 0 spiro atoms. The first-order chi connectivity index (χ1) is 14.2. The zero-order valence-electron chi connectivity index (χ0n) is 16.1. The number of hydrogen-bond acceptors (Lipinski definition) is 5. The standard InChI is InChI=1S/C20H19FN4O5/c1-11-9-12(4-7-16(11)25(29)30)20(28)24-8-2-3-17(24)19(27)23-13-5-6-15(21)14(10-13)18(22)26/h4-7,9-10,17H,2-3,8H2,1H3,(H2,22,26)(H,23,27). The minimum atomic E-state index is -0.963. The molecule has 0 radical (unpaired) electrons. The van der Waals surface area contributed by atoms with E-state index in [1.807, 2.05) is 0 Å². The highest BCUT2D eigenvalue weighted by Gasteiger charge is 2.35. The average Bonchev–Trinajstić information content (AvgIpc) is 3.18. The summed E-state index contributed by atoms with van der Waals surface area (Å²) in [7, 11) is 0. The number of primary amides is 1. The molecule has 1 saturated heterocycles. The van der Waals surface area contributed by atoms with Crippen LogP contribution in [0.4, 0.5) is 15.8 Å². The van der Waals surface area contributed by atoms with Gasteiger partial charge in [0.1, 0.15) is 11.9 Å². The van der Waals surface area contributed by atoms with Crippen molar-refractivity contribution in [3.63, 3.8) is 0 Å². The fraction of sp³-hybridized carbons (Fsp3) is 0.250. The lowest BCUT2D eigenvalue weighted by Crippen LogP contribution is -2.43. The Morgan fingerprint density at radius 2 is 1.97 bits per heavy atom. The zero-order valence-corrected chi connectivity index (χ0v) is 16.1. The summed E-state index contributed by atoms with van der Waals surface area (Å²) in [5, 5.41) is 13.5. The van der Waals surface area contributed by atoms with Crippen LogP contribution in [0.1, 0.15) is 39.1 Å². The number of nitrogens with one attached hydrogen (secondary N) is 1. The number of halogens is 1. The van der Waals surface area contributed by atoms with E-state index in [-0.39, 0.29) is 22.5 Å². The van der Waals surface area contributed by atoms with Gasteiger partial charge in [-0.2, -0.15) is 0 Å². The molecule has 9 nitrogen and oxygen atoms in total. The van der Waals surface area contributed by atoms with Crippen molar-refractivity contribution in [2.45, 2.75) is 25.8 Å². The zero-order chi connectivity index (χ0) is 22.0. The van der Waals surface area contributed by atoms with Crippen molar-refractivity contribution in [3.05, 3.63) is 69.0 Å². The van der Waals surface area contributed by atoms with Crippen LogP contribution < -0.4 is 11.1 Å². The number of amides is 3. The topological polar surface area (TPSA) is 136 Å². The summed E-state index contributed by atoms with van der Waals surface area (Å²) in [4.78, 5) is 48.8. The quantitative estimate of drug-likeness (QED) is 0.572. The molecule has 1 aliphatic rings. The largest absolute Gasteiger partial charge is 0.366 e. The molecule has 10 heteroatoms. The van der Waals surface area contributed by atoms with E-state index >= 15 is 0 Å². The lowest BCUT2D eigenvalue weighted by molar-refractivity contribution is -0.385. The highest BCUT2D eigenvalue weighted by molar-refractivity contribution is 6.02. The Kier molecular flexibility index (Phi) is 5.77. The number of nitro groups is 1. The van der Waals surface area contributed by atoms with Gasteiger partial charge in [-0.25, -0.2) is 4.39 Å². The molecular weight excluding hydrogens is 395 g/mol. The lowest BCUT2D eigenvalue weighted by Gasteiger charge is -2.24. The summed E-state index contributed by atoms with van der Waals surface area (Å²) < 4.78 is 13.6. The Morgan fingerprint density at radius 3 is 2.60 bits per heavy atom. The molecule has 0 aliphatic carbocycles. The third-order valence-corrected chi connectivity index (χ3v) is 4.96. The van der Waals surface area contributed by atoms with Gasteiger partial charge in [0.05, 0.1) is 10.5 Å². The Bertz CT molecular complexity index is 1060. The molecule has 30 heavy (non-hydrogen) atoms. The van der Waals surface area contributed by atoms with Crippen LogP contribution in [0.3, 0.4) is 0 Å². The van der Waals surface area contributed by atoms with E-state index in [0.29, 0.717) is 24.9 Å². The Hall–Kier alpha value is -3.82. The molecule has 0 saturated carbocycles. The van der Waals surface area contributed by atoms with Crippen molar-refractivity contribution in [3.8, 4) is 0 Å². The normalized spacial score (nSPS) is 15.7. The van der Waals surface area contributed by atoms with Gasteiger partial charge in [-0.3, -0.25) is 24.5 Å². The van der Waals surface area contributed by atoms with Crippen LogP contribution in [0.15, 0.2) is 36.4 Å². The second-order valence-electron chi connectivity index (χ2n) is 6.96. The van der Waals surface area contributed by atoms with Crippen molar-refractivity contribution >= 4 is 29.1 Å². The smallest absolute Gasteiger partial charge is 0.272 e. The molecule has 3 amide bonds. The van der Waals surface area contributed by atoms with Gasteiger partial charge in [-0.1, -0.05) is 0 Å². The first kappa shape index (κ1) is 20.9. The molecule has 0 aromatic heterocycles. The number of nitrogens with zero attached hydrogens (tertiary/aromatic N) is 2. The molecule has 1 unspecified atom stereocenters. The SMILES string of the molecule is Cc1cc(C(=O)N2CCCC2C(=O)Nc2ccc(F)c(C(N)=O)c2)ccc1[N+](=O)[O-]. The second kappa shape index (κ2) is 8.27. The monoisotopic (exact) mass is 414 g/mol. The number of likely N-dealkylation sites (tertiary alicyclic amines) is 1. The predicted octanol–water partition coefficient (Wildman–Crippen LogP) is 2.38. The van der Waals surface area contributed by atoms with E-state index in [2.05, 4.69) is 5.32 Å². The summed E-state index contributed by atoms with van der Waals surface area (Å²) in [6, 6.07) is 6.73. The summed E-state index contributed by atoms with van der Waals surface area (Å²) in [5.74, 6) is -2.66. The molecule has 2 aromatic carbocycles. The van der Waals surface area contributed by atoms with E-state index in [1.165, 1.54) is 36.1 Å². The van der Waals surface area contributed by atoms with Gasteiger partial charge in [0.2, 0.25) is 5.91 Å². The van der Waals surface area contributed by atoms with Gasteiger partial charge >= 0.3 is 0 Å². The molecule has 156 valence electrons. The van der Waals surface area contributed by atoms with Gasteiger partial charge < -0.3 is 16.0 Å². The fourth-order valence-electron chi connectivity index (χ4n) is 3.46. The maximum atomic E-state index is 13.6. The molecule has 0 bridgehead atoms. The van der Waals surface area contributed by atoms with Crippen LogP contribution in [-0.4, -0.2) is 40.1 Å². The number of nitro benzene ring substituents is 1. The van der Waals surface area contributed by atoms with E-state index < -0.39 is 34.5 Å². The molecular formula is C20H19FN4O5. The Morgan fingerprint density at radius 1 is 1.23 bits per heavy atom. The molecule has 2 aromatic rings. The average molecular weight is 414 g/mol. The van der Waals surface area contributed by atoms with Crippen LogP contribution >= 0.6 is 0 Å². The Labute approximate surface area is 170 Å². The molecule has 3 rings (SSSR count). The summed E-state index contributed by atoms with van der Waals surface area (Å²) >= 11 is 0. The van der Waals surface area contributed by atoms with Crippen molar-refractivity contribution < 1.29 is 23.7 Å². The molecule has 1 heterocycles. The second-order valence-corrected chi connectivity index (χ2v) is 6.96. The number of anilines is 1. The van der Waals surface area contributed by atoms with Gasteiger partial charge in [-0.15, -0.1) is 0 Å². The van der Waals surface area contributed by atoms with Gasteiger partial charge in [0.15, 0.2) is 0 Å². The summed E-state index contributed by atoms with van der Waals surface area (Å²) in [6.07, 6.45) is 1.03. The molecule has 1 atom stereocenters. The van der Waals surface area contributed by atoms with Crippen LogP contribution in [0, 0.1) is 22.9 Å². The summed E-state index contributed by atoms with van der Waals surface area (Å²) in [5.41, 5.74) is 5.44. The number of nitrogens with two attached hydrogens (primary N) is 1. The number of aryl methyl sites for hydroxylation is 1. The lowest BCUT2D eigenvalue weighted by atomic mass is 10.1. The van der Waals surface area contributed by atoms with Crippen LogP contribution in [0.25, 0.3) is 0 Å². The van der Waals surface area contributed by atoms with Crippen molar-refractivity contribution in [2.24, 2.45) is 5.73 Å². The van der Waals surface area contributed by atoms with Gasteiger partial charge in [0, 0.05) is 29.4 Å². The molecule has 3 N–H and O–H groups in total. The van der Waals surface area contributed by atoms with E-state index in [0.717, 1.165) is 12.1 Å². The Balaban J connectivity index is 1.78. The number of benzene rings is 2. The number of hydrogen-bond donors (Lipinski definition) is 2. The molecule has 1 fully saturated rings. The molecule has 1 aliphatic heterocycles. The van der Waals surface area contributed by atoms with Crippen LogP contribution in [-0.2, 0) is 4.79 Å². The number of rotatable bonds is 5. The highest BCUT2D eigenvalue weighted by Crippen LogP contribution is 2.25. The summed E-state index contributed by atoms with van der Waals surface area (Å²) in [6.45, 7) is 1.89. The minimum Gasteiger partial charge on any atom is -0.366 e. The predicted molar refractivity (Wildman–Crippen MR) is 105 cm³/mol. The third-order valence-electron chi connectivity index (χ3n) is 4.96. The first-order valence-electron chi connectivity index (χ1n) is 9.15. The number of carbonyl (C=O) groups excluding carboxylic acids is 3. The van der Waals surface area contributed by atoms with Crippen molar-refractivity contribution in [2.75, 3.05) is 11.9 Å². The van der Waals surface area contributed by atoms with Crippen LogP contribution in [0.5, 0.6) is 0 Å². The van der Waals surface area contributed by atoms with E-state index in [4.69, 9.17) is 5.73 Å². The minimum absolute atomic E-state index is 0.0937. The van der Waals surface area contributed by atoms with Crippen molar-refractivity contribution in [1.29, 1.82) is 0 Å². The van der Waals surface area contributed by atoms with E-state index in [1.54, 1.807) is 0 Å². The maximum absolute atomic E-state index is 13.6. The highest BCUT2D eigenvalue weighted by atomic mass is 19.1. The number of carbonyl (C=O) groups is 3. The van der Waals surface area contributed by atoms with Gasteiger partial charge in [-0.05, 0) is 50.1 Å². The fourth-order valence-corrected chi connectivity index (χ4v) is 3.46. The van der Waals surface area contributed by atoms with Gasteiger partial charge in [0.25, 0.3) is 17.5 Å². The van der Waals surface area contributed by atoms with E-state index in [9.17, 15) is 28.9 Å². The van der Waals surface area contributed by atoms with Crippen molar-refractivity contribution in [1.82, 2.24) is 4.90 Å². The van der Waals surface area contributed by atoms with Crippen LogP contribution in [0.2, 0.25) is 0 Å².